The van der Waals surface area contributed by atoms with Crippen molar-refractivity contribution in [2.75, 3.05) is 13.1 Å². The van der Waals surface area contributed by atoms with Gasteiger partial charge in [0.25, 0.3) is 0 Å². The summed E-state index contributed by atoms with van der Waals surface area (Å²) < 4.78 is 2.28. The van der Waals surface area contributed by atoms with Gasteiger partial charge in [-0.25, -0.2) is 0 Å². The van der Waals surface area contributed by atoms with Gasteiger partial charge in [-0.1, -0.05) is 24.6 Å². The molecular formula is C16H22N2. The van der Waals surface area contributed by atoms with Gasteiger partial charge in [0, 0.05) is 25.2 Å². The number of aromatic nitrogens is 1. The van der Waals surface area contributed by atoms with Gasteiger partial charge in [0.15, 0.2) is 0 Å². The molecule has 1 aliphatic rings. The number of piperidine rings is 1. The van der Waals surface area contributed by atoms with Crippen LogP contribution in [0.1, 0.15) is 30.4 Å². The monoisotopic (exact) mass is 242 g/mol. The Balaban J connectivity index is 1.94. The molecule has 2 nitrogen and oxygen atoms in total. The number of nitrogens with zero attached hydrogens (tertiary/aromatic N) is 2. The van der Waals surface area contributed by atoms with Crippen LogP contribution in [0.15, 0.2) is 24.4 Å². The van der Waals surface area contributed by atoms with E-state index in [1.54, 1.807) is 0 Å². The molecule has 3 rings (SSSR count). The third-order valence-corrected chi connectivity index (χ3v) is 4.13. The number of hydrogen-bond acceptors (Lipinski definition) is 1. The summed E-state index contributed by atoms with van der Waals surface area (Å²) in [6.45, 7) is 5.85. The molecule has 0 unspecified atom stereocenters. The number of rotatable bonds is 2. The second-order valence-corrected chi connectivity index (χ2v) is 5.57. The van der Waals surface area contributed by atoms with Gasteiger partial charge < -0.3 is 4.57 Å². The van der Waals surface area contributed by atoms with E-state index < -0.39 is 0 Å². The lowest BCUT2D eigenvalue weighted by molar-refractivity contribution is 0.221. The van der Waals surface area contributed by atoms with Gasteiger partial charge in [-0.05, 0) is 44.0 Å². The SMILES string of the molecule is Cc1cccc2c(CN3CCCCC3)cn(C)c12. The molecular weight excluding hydrogens is 220 g/mol. The average molecular weight is 242 g/mol. The molecule has 1 aromatic heterocycles. The van der Waals surface area contributed by atoms with Crippen molar-refractivity contribution in [1.82, 2.24) is 9.47 Å². The normalized spacial score (nSPS) is 17.4. The van der Waals surface area contributed by atoms with Crippen molar-refractivity contribution in [1.29, 1.82) is 0 Å². The maximum Gasteiger partial charge on any atom is 0.0510 e. The second-order valence-electron chi connectivity index (χ2n) is 5.57. The van der Waals surface area contributed by atoms with E-state index in [0.717, 1.165) is 6.54 Å². The molecule has 1 aromatic carbocycles. The molecule has 0 amide bonds. The van der Waals surface area contributed by atoms with Gasteiger partial charge in [0.2, 0.25) is 0 Å². The standard InChI is InChI=1S/C16H22N2/c1-13-7-6-8-15-14(11-17(2)16(13)15)12-18-9-4-3-5-10-18/h6-8,11H,3-5,9-10,12H2,1-2H3. The lowest BCUT2D eigenvalue weighted by Crippen LogP contribution is -2.28. The maximum atomic E-state index is 2.60. The molecule has 1 fully saturated rings. The Morgan fingerprint density at radius 3 is 2.67 bits per heavy atom. The van der Waals surface area contributed by atoms with Crippen molar-refractivity contribution in [2.24, 2.45) is 7.05 Å². The third kappa shape index (κ3) is 2.05. The third-order valence-electron chi connectivity index (χ3n) is 4.13. The smallest absolute Gasteiger partial charge is 0.0510 e. The van der Waals surface area contributed by atoms with Crippen molar-refractivity contribution in [3.63, 3.8) is 0 Å². The van der Waals surface area contributed by atoms with Gasteiger partial charge >= 0.3 is 0 Å². The zero-order chi connectivity index (χ0) is 12.5. The number of likely N-dealkylation sites (tertiary alicyclic amines) is 1. The molecule has 0 spiro atoms. The van der Waals surface area contributed by atoms with E-state index in [2.05, 4.69) is 47.8 Å². The van der Waals surface area contributed by atoms with Crippen LogP contribution in [0.5, 0.6) is 0 Å². The van der Waals surface area contributed by atoms with E-state index >= 15 is 0 Å². The van der Waals surface area contributed by atoms with E-state index in [4.69, 9.17) is 0 Å². The Morgan fingerprint density at radius 2 is 1.89 bits per heavy atom. The van der Waals surface area contributed by atoms with Crippen LogP contribution in [0.2, 0.25) is 0 Å². The number of aryl methyl sites for hydroxylation is 2. The lowest BCUT2D eigenvalue weighted by atomic mass is 10.1. The van der Waals surface area contributed by atoms with Gasteiger partial charge in [0.05, 0.1) is 5.52 Å². The molecule has 2 aromatic rings. The maximum absolute atomic E-state index is 2.60. The molecule has 0 radical (unpaired) electrons. The van der Waals surface area contributed by atoms with Crippen LogP contribution < -0.4 is 0 Å². The molecule has 2 heterocycles. The topological polar surface area (TPSA) is 8.17 Å². The highest BCUT2D eigenvalue weighted by atomic mass is 15.1. The molecule has 0 N–H and O–H groups in total. The molecule has 0 atom stereocenters. The second kappa shape index (κ2) is 4.77. The highest BCUT2D eigenvalue weighted by molar-refractivity contribution is 5.86. The largest absolute Gasteiger partial charge is 0.350 e. The molecule has 1 aliphatic heterocycles. The zero-order valence-electron chi connectivity index (χ0n) is 11.4. The van der Waals surface area contributed by atoms with Crippen molar-refractivity contribution >= 4 is 10.9 Å². The van der Waals surface area contributed by atoms with E-state index in [-0.39, 0.29) is 0 Å². The summed E-state index contributed by atoms with van der Waals surface area (Å²) in [7, 11) is 2.16. The average Bonchev–Trinajstić information content (AvgIpc) is 2.69. The summed E-state index contributed by atoms with van der Waals surface area (Å²) in [5.41, 5.74) is 4.25. The number of para-hydroxylation sites is 1. The summed E-state index contributed by atoms with van der Waals surface area (Å²) in [4.78, 5) is 2.60. The Hall–Kier alpha value is -1.28. The first-order valence-corrected chi connectivity index (χ1v) is 7.01. The van der Waals surface area contributed by atoms with Crippen LogP contribution >= 0.6 is 0 Å². The van der Waals surface area contributed by atoms with Crippen molar-refractivity contribution in [2.45, 2.75) is 32.7 Å². The predicted octanol–water partition coefficient (Wildman–Crippen LogP) is 3.47. The van der Waals surface area contributed by atoms with E-state index in [0.29, 0.717) is 0 Å². The lowest BCUT2D eigenvalue weighted by Gasteiger charge is -2.26. The van der Waals surface area contributed by atoms with Crippen LogP contribution in [0.4, 0.5) is 0 Å². The summed E-state index contributed by atoms with van der Waals surface area (Å²) in [5, 5.41) is 1.43. The molecule has 0 saturated carbocycles. The number of fused-ring (bicyclic) bond motifs is 1. The first-order chi connectivity index (χ1) is 8.75. The van der Waals surface area contributed by atoms with E-state index in [9.17, 15) is 0 Å². The fourth-order valence-electron chi connectivity index (χ4n) is 3.24. The first kappa shape index (κ1) is 11.8. The minimum atomic E-state index is 1.11. The Morgan fingerprint density at radius 1 is 1.11 bits per heavy atom. The van der Waals surface area contributed by atoms with Crippen LogP contribution in [0.25, 0.3) is 10.9 Å². The van der Waals surface area contributed by atoms with Gasteiger partial charge in [0.1, 0.15) is 0 Å². The van der Waals surface area contributed by atoms with Crippen LogP contribution in [-0.2, 0) is 13.6 Å². The fraction of sp³-hybridized carbons (Fsp3) is 0.500. The molecule has 1 saturated heterocycles. The minimum absolute atomic E-state index is 1.11. The zero-order valence-corrected chi connectivity index (χ0v) is 11.4. The molecule has 2 heteroatoms. The van der Waals surface area contributed by atoms with Crippen molar-refractivity contribution < 1.29 is 0 Å². The summed E-state index contributed by atoms with van der Waals surface area (Å²) >= 11 is 0. The number of benzene rings is 1. The Kier molecular flexibility index (Phi) is 3.13. The Bertz CT molecular complexity index is 547. The summed E-state index contributed by atoms with van der Waals surface area (Å²) in [6.07, 6.45) is 6.45. The first-order valence-electron chi connectivity index (χ1n) is 7.01. The number of hydrogen-bond donors (Lipinski definition) is 0. The predicted molar refractivity (Wildman–Crippen MR) is 76.8 cm³/mol. The molecule has 0 aliphatic carbocycles. The van der Waals surface area contributed by atoms with E-state index in [1.807, 2.05) is 0 Å². The van der Waals surface area contributed by atoms with Crippen LogP contribution in [0, 0.1) is 6.92 Å². The molecule has 0 bridgehead atoms. The fourth-order valence-corrected chi connectivity index (χ4v) is 3.24. The highest BCUT2D eigenvalue weighted by Crippen LogP contribution is 2.25. The van der Waals surface area contributed by atoms with E-state index in [1.165, 1.54) is 54.4 Å². The van der Waals surface area contributed by atoms with Crippen LogP contribution in [0.3, 0.4) is 0 Å². The summed E-state index contributed by atoms with van der Waals surface area (Å²) in [6, 6.07) is 6.64. The van der Waals surface area contributed by atoms with Gasteiger partial charge in [-0.15, -0.1) is 0 Å². The molecule has 18 heavy (non-hydrogen) atoms. The summed E-state index contributed by atoms with van der Waals surface area (Å²) in [5.74, 6) is 0. The van der Waals surface area contributed by atoms with Crippen molar-refractivity contribution in [3.05, 3.63) is 35.5 Å². The Labute approximate surface area is 109 Å². The van der Waals surface area contributed by atoms with Crippen molar-refractivity contribution in [3.8, 4) is 0 Å². The molecule has 96 valence electrons. The van der Waals surface area contributed by atoms with Crippen LogP contribution in [-0.4, -0.2) is 22.6 Å². The minimum Gasteiger partial charge on any atom is -0.350 e. The highest BCUT2D eigenvalue weighted by Gasteiger charge is 2.14. The van der Waals surface area contributed by atoms with Gasteiger partial charge in [-0.2, -0.15) is 0 Å². The van der Waals surface area contributed by atoms with Gasteiger partial charge in [-0.3, -0.25) is 4.90 Å². The quantitative estimate of drug-likeness (QED) is 0.783.